The van der Waals surface area contributed by atoms with Crippen LogP contribution in [-0.4, -0.2) is 30.9 Å². The zero-order valence-corrected chi connectivity index (χ0v) is 11.8. The van der Waals surface area contributed by atoms with Gasteiger partial charge in [0.25, 0.3) is 0 Å². The van der Waals surface area contributed by atoms with Crippen molar-refractivity contribution in [2.45, 2.75) is 50.5 Å². The fourth-order valence-corrected chi connectivity index (χ4v) is 1.52. The van der Waals surface area contributed by atoms with E-state index in [0.29, 0.717) is 13.0 Å². The summed E-state index contributed by atoms with van der Waals surface area (Å²) in [5.41, 5.74) is 4.91. The Kier molecular flexibility index (Phi) is 11.1. The van der Waals surface area contributed by atoms with Gasteiger partial charge in [0.1, 0.15) is 0 Å². The SMILES string of the molecule is C=CCN.CCCCCCC(F)C(F)(F)S(=O)(=O)O. The molecule has 116 valence electrons. The molecule has 0 saturated heterocycles. The number of rotatable bonds is 8. The van der Waals surface area contributed by atoms with E-state index in [4.69, 9.17) is 10.3 Å². The minimum atomic E-state index is -5.65. The number of halogens is 3. The van der Waals surface area contributed by atoms with Gasteiger partial charge in [-0.3, -0.25) is 4.55 Å². The molecule has 0 aromatic carbocycles. The third-order valence-electron chi connectivity index (χ3n) is 2.19. The normalized spacial score (nSPS) is 13.4. The molecule has 1 unspecified atom stereocenters. The summed E-state index contributed by atoms with van der Waals surface area (Å²) >= 11 is 0. The molecule has 0 aliphatic heterocycles. The van der Waals surface area contributed by atoms with Crippen molar-refractivity contribution in [3.63, 3.8) is 0 Å². The van der Waals surface area contributed by atoms with E-state index < -0.39 is 28.0 Å². The van der Waals surface area contributed by atoms with Gasteiger partial charge in [-0.25, -0.2) is 4.39 Å². The summed E-state index contributed by atoms with van der Waals surface area (Å²) in [6.45, 7) is 5.84. The van der Waals surface area contributed by atoms with Crippen molar-refractivity contribution in [2.75, 3.05) is 6.54 Å². The number of hydrogen-bond donors (Lipinski definition) is 2. The molecule has 0 saturated carbocycles. The van der Waals surface area contributed by atoms with Gasteiger partial charge in [0.15, 0.2) is 6.17 Å². The Hall–Kier alpha value is -0.600. The van der Waals surface area contributed by atoms with Crippen molar-refractivity contribution < 1.29 is 26.1 Å². The van der Waals surface area contributed by atoms with Crippen molar-refractivity contribution in [1.29, 1.82) is 0 Å². The summed E-state index contributed by atoms with van der Waals surface area (Å²) in [4.78, 5) is 0. The average molecular weight is 305 g/mol. The molecule has 0 rings (SSSR count). The summed E-state index contributed by atoms with van der Waals surface area (Å²) in [6.07, 6.45) is 0.644. The minimum absolute atomic E-state index is 0.181. The quantitative estimate of drug-likeness (QED) is 0.410. The Morgan fingerprint density at radius 1 is 1.37 bits per heavy atom. The summed E-state index contributed by atoms with van der Waals surface area (Å²) in [5, 5.41) is -4.70. The Balaban J connectivity index is 0. The van der Waals surface area contributed by atoms with E-state index in [1.165, 1.54) is 0 Å². The molecule has 0 aromatic heterocycles. The molecule has 0 aliphatic carbocycles. The molecule has 4 nitrogen and oxygen atoms in total. The Bertz CT molecular complexity index is 334. The standard InChI is InChI=1S/C8H15F3O3S.C3H7N/c1-2-3-4-5-6-7(9)8(10,11)15(12,13)14;1-2-3-4/h7H,2-6H2,1H3,(H,12,13,14);2H,1,3-4H2. The number of alkyl halides is 3. The van der Waals surface area contributed by atoms with E-state index in [9.17, 15) is 21.6 Å². The molecule has 0 amide bonds. The van der Waals surface area contributed by atoms with Gasteiger partial charge in [0, 0.05) is 6.54 Å². The molecule has 3 N–H and O–H groups in total. The van der Waals surface area contributed by atoms with E-state index in [1.54, 1.807) is 6.08 Å². The highest BCUT2D eigenvalue weighted by molar-refractivity contribution is 7.86. The Morgan fingerprint density at radius 3 is 2.16 bits per heavy atom. The Labute approximate surface area is 112 Å². The highest BCUT2D eigenvalue weighted by Crippen LogP contribution is 2.30. The van der Waals surface area contributed by atoms with E-state index in [-0.39, 0.29) is 6.42 Å². The maximum Gasteiger partial charge on any atom is 0.400 e. The zero-order valence-electron chi connectivity index (χ0n) is 11.0. The van der Waals surface area contributed by atoms with Crippen LogP contribution in [0.4, 0.5) is 13.2 Å². The van der Waals surface area contributed by atoms with Crippen LogP contribution >= 0.6 is 0 Å². The van der Waals surface area contributed by atoms with Gasteiger partial charge in [0.2, 0.25) is 0 Å². The molecule has 0 heterocycles. The van der Waals surface area contributed by atoms with Crippen LogP contribution in [0.5, 0.6) is 0 Å². The van der Waals surface area contributed by atoms with E-state index in [1.807, 2.05) is 6.92 Å². The summed E-state index contributed by atoms with van der Waals surface area (Å²) in [6, 6.07) is 0. The fourth-order valence-electron chi connectivity index (χ4n) is 1.08. The van der Waals surface area contributed by atoms with Gasteiger partial charge in [-0.2, -0.15) is 17.2 Å². The van der Waals surface area contributed by atoms with Crippen LogP contribution in [0.3, 0.4) is 0 Å². The maximum atomic E-state index is 12.8. The highest BCUT2D eigenvalue weighted by atomic mass is 32.2. The van der Waals surface area contributed by atoms with Gasteiger partial charge < -0.3 is 5.73 Å². The summed E-state index contributed by atoms with van der Waals surface area (Å²) < 4.78 is 66.5. The number of hydrogen-bond acceptors (Lipinski definition) is 3. The predicted octanol–water partition coefficient (Wildman–Crippen LogP) is 2.91. The van der Waals surface area contributed by atoms with Crippen LogP contribution in [0.1, 0.15) is 39.0 Å². The molecule has 0 radical (unpaired) electrons. The molecular weight excluding hydrogens is 283 g/mol. The molecule has 0 spiro atoms. The average Bonchev–Trinajstić information content (AvgIpc) is 2.33. The first-order valence-electron chi connectivity index (χ1n) is 5.94. The predicted molar refractivity (Wildman–Crippen MR) is 69.4 cm³/mol. The second kappa shape index (κ2) is 10.2. The van der Waals surface area contributed by atoms with Crippen LogP contribution in [0.2, 0.25) is 0 Å². The van der Waals surface area contributed by atoms with Crippen LogP contribution in [0.25, 0.3) is 0 Å². The highest BCUT2D eigenvalue weighted by Gasteiger charge is 2.52. The van der Waals surface area contributed by atoms with E-state index >= 15 is 0 Å². The molecule has 0 bridgehead atoms. The molecule has 1 atom stereocenters. The topological polar surface area (TPSA) is 80.4 Å². The largest absolute Gasteiger partial charge is 0.400 e. The Morgan fingerprint density at radius 2 is 1.84 bits per heavy atom. The van der Waals surface area contributed by atoms with Crippen molar-refractivity contribution in [2.24, 2.45) is 5.73 Å². The first kappa shape index (κ1) is 20.7. The second-order valence-electron chi connectivity index (χ2n) is 3.88. The van der Waals surface area contributed by atoms with Gasteiger partial charge in [-0.1, -0.05) is 38.7 Å². The van der Waals surface area contributed by atoms with Crippen LogP contribution < -0.4 is 5.73 Å². The summed E-state index contributed by atoms with van der Waals surface area (Å²) in [7, 11) is -5.65. The third-order valence-corrected chi connectivity index (χ3v) is 3.13. The van der Waals surface area contributed by atoms with Crippen LogP contribution in [-0.2, 0) is 10.1 Å². The third kappa shape index (κ3) is 9.01. The molecule has 0 aromatic rings. The minimum Gasteiger partial charge on any atom is -0.327 e. The van der Waals surface area contributed by atoms with Gasteiger partial charge >= 0.3 is 15.4 Å². The molecule has 8 heteroatoms. The van der Waals surface area contributed by atoms with Gasteiger partial charge in [-0.15, -0.1) is 6.58 Å². The fraction of sp³-hybridized carbons (Fsp3) is 0.818. The first-order valence-corrected chi connectivity index (χ1v) is 7.39. The molecule has 19 heavy (non-hydrogen) atoms. The summed E-state index contributed by atoms with van der Waals surface area (Å²) in [5.74, 6) is 0. The smallest absolute Gasteiger partial charge is 0.327 e. The van der Waals surface area contributed by atoms with Crippen molar-refractivity contribution in [3.8, 4) is 0 Å². The number of nitrogens with two attached hydrogens (primary N) is 1. The van der Waals surface area contributed by atoms with Gasteiger partial charge in [0.05, 0.1) is 0 Å². The maximum absolute atomic E-state index is 12.8. The van der Waals surface area contributed by atoms with E-state index in [2.05, 4.69) is 6.58 Å². The zero-order chi connectivity index (χ0) is 15.5. The molecule has 0 fully saturated rings. The lowest BCUT2D eigenvalue weighted by atomic mass is 10.1. The van der Waals surface area contributed by atoms with Crippen molar-refractivity contribution in [3.05, 3.63) is 12.7 Å². The first-order chi connectivity index (χ1) is 8.65. The van der Waals surface area contributed by atoms with Crippen molar-refractivity contribution >= 4 is 10.1 Å². The second-order valence-corrected chi connectivity index (χ2v) is 5.37. The van der Waals surface area contributed by atoms with Gasteiger partial charge in [-0.05, 0) is 6.42 Å². The monoisotopic (exact) mass is 305 g/mol. The molecular formula is C11H22F3NO3S. The van der Waals surface area contributed by atoms with E-state index in [0.717, 1.165) is 12.8 Å². The lowest BCUT2D eigenvalue weighted by Gasteiger charge is -2.17. The lowest BCUT2D eigenvalue weighted by molar-refractivity contribution is -0.00707. The lowest BCUT2D eigenvalue weighted by Crippen LogP contribution is -2.38. The van der Waals surface area contributed by atoms with Crippen molar-refractivity contribution in [1.82, 2.24) is 0 Å². The van der Waals surface area contributed by atoms with Crippen LogP contribution in [0, 0.1) is 0 Å². The number of unbranched alkanes of at least 4 members (excludes halogenated alkanes) is 3. The van der Waals surface area contributed by atoms with Crippen LogP contribution in [0.15, 0.2) is 12.7 Å². The molecule has 0 aliphatic rings.